The average Bonchev–Trinajstić information content (AvgIpc) is 2.91. The highest BCUT2D eigenvalue weighted by Crippen LogP contribution is 2.27. The fourth-order valence-electron chi connectivity index (χ4n) is 3.56. The lowest BCUT2D eigenvalue weighted by Gasteiger charge is -2.24. The van der Waals surface area contributed by atoms with Crippen molar-refractivity contribution in [2.45, 2.75) is 32.5 Å². The van der Waals surface area contributed by atoms with Crippen molar-refractivity contribution in [1.82, 2.24) is 10.2 Å². The van der Waals surface area contributed by atoms with Gasteiger partial charge >= 0.3 is 0 Å². The molecule has 4 heteroatoms. The molecule has 3 rings (SSSR count). The van der Waals surface area contributed by atoms with Crippen molar-refractivity contribution in [3.63, 3.8) is 0 Å². The summed E-state index contributed by atoms with van der Waals surface area (Å²) in [6.07, 6.45) is 1.88. The van der Waals surface area contributed by atoms with Crippen LogP contribution < -0.4 is 5.32 Å². The first kappa shape index (κ1) is 15.5. The highest BCUT2D eigenvalue weighted by Gasteiger charge is 2.32. The van der Waals surface area contributed by atoms with Gasteiger partial charge in [0.15, 0.2) is 0 Å². The zero-order valence-electron chi connectivity index (χ0n) is 13.3. The monoisotopic (exact) mass is 302 g/mol. The van der Waals surface area contributed by atoms with E-state index in [1.165, 1.54) is 0 Å². The normalized spacial score (nSPS) is 26.3. The van der Waals surface area contributed by atoms with Crippen molar-refractivity contribution >= 4 is 5.91 Å². The van der Waals surface area contributed by atoms with Crippen molar-refractivity contribution in [2.75, 3.05) is 26.2 Å². The van der Waals surface area contributed by atoms with Crippen LogP contribution in [-0.2, 0) is 16.1 Å². The van der Waals surface area contributed by atoms with Gasteiger partial charge in [-0.15, -0.1) is 0 Å². The lowest BCUT2D eigenvalue weighted by atomic mass is 9.92. The van der Waals surface area contributed by atoms with E-state index in [0.717, 1.165) is 56.4 Å². The van der Waals surface area contributed by atoms with Gasteiger partial charge in [-0.1, -0.05) is 30.3 Å². The van der Waals surface area contributed by atoms with Crippen LogP contribution in [0.15, 0.2) is 30.3 Å². The zero-order valence-corrected chi connectivity index (χ0v) is 13.3. The first-order valence-corrected chi connectivity index (χ1v) is 8.39. The first-order valence-electron chi connectivity index (χ1n) is 8.39. The number of ether oxygens (including phenoxy) is 1. The molecule has 0 aromatic heterocycles. The lowest BCUT2D eigenvalue weighted by molar-refractivity contribution is -0.143. The van der Waals surface area contributed by atoms with Crippen molar-refractivity contribution in [3.05, 3.63) is 35.9 Å². The van der Waals surface area contributed by atoms with Crippen molar-refractivity contribution in [3.8, 4) is 0 Å². The highest BCUT2D eigenvalue weighted by molar-refractivity contribution is 5.80. The van der Waals surface area contributed by atoms with Gasteiger partial charge in [-0.05, 0) is 50.3 Å². The molecule has 4 nitrogen and oxygen atoms in total. The summed E-state index contributed by atoms with van der Waals surface area (Å²) in [5.74, 6) is 1.64. The standard InChI is InChI=1S/C18H26N2O2/c1-14(22-13-15-5-3-2-4-6-15)18(21)20-9-7-16-11-19-12-17(16)8-10-20/h2-6,14,16-17,19H,7-13H2,1H3/t14?,16-,17+. The molecule has 22 heavy (non-hydrogen) atoms. The predicted octanol–water partition coefficient (Wildman–Crippen LogP) is 2.05. The number of hydrogen-bond acceptors (Lipinski definition) is 3. The van der Waals surface area contributed by atoms with Crippen molar-refractivity contribution in [1.29, 1.82) is 0 Å². The molecular formula is C18H26N2O2. The van der Waals surface area contributed by atoms with E-state index in [0.29, 0.717) is 6.61 Å². The summed E-state index contributed by atoms with van der Waals surface area (Å²) >= 11 is 0. The largest absolute Gasteiger partial charge is 0.364 e. The predicted molar refractivity (Wildman–Crippen MR) is 86.4 cm³/mol. The van der Waals surface area contributed by atoms with E-state index in [1.54, 1.807) is 0 Å². The number of carbonyl (C=O) groups is 1. The van der Waals surface area contributed by atoms with Crippen LogP contribution in [0.2, 0.25) is 0 Å². The molecule has 0 spiro atoms. The lowest BCUT2D eigenvalue weighted by Crippen LogP contribution is -2.40. The van der Waals surface area contributed by atoms with Crippen LogP contribution in [-0.4, -0.2) is 43.1 Å². The molecule has 2 aliphatic heterocycles. The minimum Gasteiger partial charge on any atom is -0.364 e. The van der Waals surface area contributed by atoms with Gasteiger partial charge in [0.2, 0.25) is 0 Å². The number of amides is 1. The summed E-state index contributed by atoms with van der Waals surface area (Å²) in [6.45, 7) is 6.36. The van der Waals surface area contributed by atoms with Crippen LogP contribution in [0.1, 0.15) is 25.3 Å². The number of carbonyl (C=O) groups excluding carboxylic acids is 1. The molecule has 1 amide bonds. The van der Waals surface area contributed by atoms with Crippen LogP contribution in [0.4, 0.5) is 0 Å². The molecule has 0 saturated carbocycles. The topological polar surface area (TPSA) is 41.6 Å². The smallest absolute Gasteiger partial charge is 0.251 e. The van der Waals surface area contributed by atoms with Crippen molar-refractivity contribution in [2.24, 2.45) is 11.8 Å². The van der Waals surface area contributed by atoms with Crippen molar-refractivity contribution < 1.29 is 9.53 Å². The van der Waals surface area contributed by atoms with E-state index < -0.39 is 0 Å². The number of hydrogen-bond donors (Lipinski definition) is 1. The highest BCUT2D eigenvalue weighted by atomic mass is 16.5. The molecule has 0 radical (unpaired) electrons. The third kappa shape index (κ3) is 3.68. The van der Waals surface area contributed by atoms with Gasteiger partial charge in [0.05, 0.1) is 6.61 Å². The average molecular weight is 302 g/mol. The Balaban J connectivity index is 1.50. The van der Waals surface area contributed by atoms with Gasteiger partial charge in [0.1, 0.15) is 6.10 Å². The zero-order chi connectivity index (χ0) is 15.4. The maximum atomic E-state index is 12.6. The van der Waals surface area contributed by atoms with Gasteiger partial charge in [-0.25, -0.2) is 0 Å². The molecule has 2 aliphatic rings. The molecule has 2 saturated heterocycles. The summed E-state index contributed by atoms with van der Waals surface area (Å²) in [5, 5.41) is 3.47. The van der Waals surface area contributed by atoms with Crippen LogP contribution in [0, 0.1) is 11.8 Å². The summed E-state index contributed by atoms with van der Waals surface area (Å²) < 4.78 is 5.77. The maximum absolute atomic E-state index is 12.6. The molecule has 1 aromatic rings. The molecule has 0 aliphatic carbocycles. The second-order valence-electron chi connectivity index (χ2n) is 6.52. The Hall–Kier alpha value is -1.39. The molecule has 2 fully saturated rings. The number of benzene rings is 1. The van der Waals surface area contributed by atoms with E-state index in [9.17, 15) is 4.79 Å². The molecule has 120 valence electrons. The minimum absolute atomic E-state index is 0.142. The quantitative estimate of drug-likeness (QED) is 0.925. The number of nitrogens with zero attached hydrogens (tertiary/aromatic N) is 1. The van der Waals surface area contributed by atoms with Gasteiger partial charge in [0.25, 0.3) is 5.91 Å². The second kappa shape index (κ2) is 7.25. The fourth-order valence-corrected chi connectivity index (χ4v) is 3.56. The maximum Gasteiger partial charge on any atom is 0.251 e. The Morgan fingerprint density at radius 1 is 1.23 bits per heavy atom. The van der Waals surface area contributed by atoms with Gasteiger partial charge in [-0.3, -0.25) is 4.79 Å². The van der Waals surface area contributed by atoms with Crippen LogP contribution in [0.5, 0.6) is 0 Å². The Morgan fingerprint density at radius 2 is 1.86 bits per heavy atom. The van der Waals surface area contributed by atoms with Crippen LogP contribution in [0.25, 0.3) is 0 Å². The molecule has 1 N–H and O–H groups in total. The van der Waals surface area contributed by atoms with E-state index in [2.05, 4.69) is 5.32 Å². The third-order valence-electron chi connectivity index (χ3n) is 5.02. The third-order valence-corrected chi connectivity index (χ3v) is 5.02. The van der Waals surface area contributed by atoms with E-state index in [4.69, 9.17) is 4.74 Å². The molecule has 2 heterocycles. The minimum atomic E-state index is -0.365. The first-order chi connectivity index (χ1) is 10.7. The van der Waals surface area contributed by atoms with E-state index in [-0.39, 0.29) is 12.0 Å². The summed E-state index contributed by atoms with van der Waals surface area (Å²) in [4.78, 5) is 14.6. The Bertz CT molecular complexity index is 477. The summed E-state index contributed by atoms with van der Waals surface area (Å²) in [5.41, 5.74) is 1.11. The van der Waals surface area contributed by atoms with E-state index >= 15 is 0 Å². The summed E-state index contributed by atoms with van der Waals surface area (Å²) in [7, 11) is 0. The second-order valence-corrected chi connectivity index (χ2v) is 6.52. The number of rotatable bonds is 4. The van der Waals surface area contributed by atoms with E-state index in [1.807, 2.05) is 42.2 Å². The molecule has 0 bridgehead atoms. The summed E-state index contributed by atoms with van der Waals surface area (Å²) in [6, 6.07) is 10.0. The van der Waals surface area contributed by atoms with Crippen LogP contribution in [0.3, 0.4) is 0 Å². The fraction of sp³-hybridized carbons (Fsp3) is 0.611. The Morgan fingerprint density at radius 3 is 2.50 bits per heavy atom. The molecule has 1 aromatic carbocycles. The number of nitrogens with one attached hydrogen (secondary N) is 1. The molecule has 3 atom stereocenters. The Labute approximate surface area is 132 Å². The molecular weight excluding hydrogens is 276 g/mol. The Kier molecular flexibility index (Phi) is 5.11. The SMILES string of the molecule is CC(OCc1ccccc1)C(=O)N1CC[C@@H]2CNC[C@@H]2CC1. The van der Waals surface area contributed by atoms with Gasteiger partial charge in [-0.2, -0.15) is 0 Å². The number of fused-ring (bicyclic) bond motifs is 1. The van der Waals surface area contributed by atoms with Gasteiger partial charge < -0.3 is 15.0 Å². The van der Waals surface area contributed by atoms with Gasteiger partial charge in [0, 0.05) is 13.1 Å². The van der Waals surface area contributed by atoms with Crippen LogP contribution >= 0.6 is 0 Å². The number of likely N-dealkylation sites (tertiary alicyclic amines) is 1. The molecule has 1 unspecified atom stereocenters.